The van der Waals surface area contributed by atoms with Crippen molar-refractivity contribution in [3.63, 3.8) is 0 Å². The molecule has 2 aromatic heterocycles. The highest BCUT2D eigenvalue weighted by Gasteiger charge is 2.34. The Morgan fingerprint density at radius 3 is 2.75 bits per heavy atom. The van der Waals surface area contributed by atoms with Crippen LogP contribution in [-0.2, 0) is 14.8 Å². The van der Waals surface area contributed by atoms with E-state index in [0.29, 0.717) is 31.6 Å². The van der Waals surface area contributed by atoms with E-state index in [1.807, 2.05) is 35.1 Å². The Labute approximate surface area is 192 Å². The molecule has 0 bridgehead atoms. The maximum absolute atomic E-state index is 13.2. The molecule has 0 aliphatic carbocycles. The first-order valence-electron chi connectivity index (χ1n) is 10.6. The van der Waals surface area contributed by atoms with Gasteiger partial charge in [0.25, 0.3) is 0 Å². The average Bonchev–Trinajstić information content (AvgIpc) is 3.26. The summed E-state index contributed by atoms with van der Waals surface area (Å²) in [6, 6.07) is 13.8. The monoisotopic (exact) mass is 473 g/mol. The van der Waals surface area contributed by atoms with Crippen LogP contribution in [0.25, 0.3) is 5.65 Å². The summed E-state index contributed by atoms with van der Waals surface area (Å²) in [4.78, 5) is 13.5. The topological polar surface area (TPSA) is 96.7 Å². The second-order valence-electron chi connectivity index (χ2n) is 7.84. The van der Waals surface area contributed by atoms with E-state index in [1.165, 1.54) is 4.31 Å². The number of hydrogen-bond acceptors (Lipinski definition) is 6. The average molecular weight is 474 g/mol. The molecular formula is C22H27N5O3S2. The van der Waals surface area contributed by atoms with Crippen molar-refractivity contribution in [1.29, 1.82) is 0 Å². The highest BCUT2D eigenvalue weighted by molar-refractivity contribution is 7.98. The van der Waals surface area contributed by atoms with Crippen molar-refractivity contribution in [2.45, 2.75) is 30.2 Å². The number of hydrogen-bond donors (Lipinski definition) is 1. The van der Waals surface area contributed by atoms with E-state index < -0.39 is 15.9 Å². The lowest BCUT2D eigenvalue weighted by molar-refractivity contribution is -0.126. The van der Waals surface area contributed by atoms with Gasteiger partial charge in [-0.3, -0.25) is 9.20 Å². The number of piperidine rings is 1. The van der Waals surface area contributed by atoms with Gasteiger partial charge in [0.15, 0.2) is 11.5 Å². The molecule has 3 heterocycles. The van der Waals surface area contributed by atoms with E-state index in [4.69, 9.17) is 0 Å². The van der Waals surface area contributed by atoms with E-state index in [9.17, 15) is 13.2 Å². The molecule has 1 aromatic carbocycles. The third-order valence-corrected chi connectivity index (χ3v) is 8.24. The molecule has 1 fully saturated rings. The van der Waals surface area contributed by atoms with Crippen molar-refractivity contribution < 1.29 is 13.2 Å². The van der Waals surface area contributed by atoms with Gasteiger partial charge in [-0.05, 0) is 55.5 Å². The predicted molar refractivity (Wildman–Crippen MR) is 125 cm³/mol. The van der Waals surface area contributed by atoms with Crippen LogP contribution in [0.4, 0.5) is 0 Å². The largest absolute Gasteiger partial charge is 0.346 e. The normalized spacial score (nSPS) is 18.5. The molecule has 170 valence electrons. The Balaban J connectivity index is 1.51. The van der Waals surface area contributed by atoms with Gasteiger partial charge in [0.2, 0.25) is 15.9 Å². The standard InChI is InChI=1S/C22H27N5O3S2/c1-31-15-12-19(21-25-24-20-11-5-6-14-27(20)21)23-22(28)17-8-7-13-26(16-17)32(29,30)18-9-3-2-4-10-18/h2-6,9-11,14,17,19H,7-8,12-13,15-16H2,1H3,(H,23,28). The zero-order chi connectivity index (χ0) is 22.6. The van der Waals surface area contributed by atoms with Gasteiger partial charge in [-0.15, -0.1) is 10.2 Å². The van der Waals surface area contributed by atoms with Crippen molar-refractivity contribution in [1.82, 2.24) is 24.2 Å². The van der Waals surface area contributed by atoms with Crippen molar-refractivity contribution in [3.8, 4) is 0 Å². The molecule has 2 unspecified atom stereocenters. The molecule has 10 heteroatoms. The van der Waals surface area contributed by atoms with Crippen LogP contribution in [0.2, 0.25) is 0 Å². The molecule has 0 spiro atoms. The van der Waals surface area contributed by atoms with Gasteiger partial charge in [0, 0.05) is 19.3 Å². The van der Waals surface area contributed by atoms with Gasteiger partial charge in [-0.2, -0.15) is 16.1 Å². The molecule has 2 atom stereocenters. The number of carbonyl (C=O) groups excluding carboxylic acids is 1. The number of benzene rings is 1. The van der Waals surface area contributed by atoms with E-state index in [1.54, 1.807) is 42.1 Å². The van der Waals surface area contributed by atoms with Crippen LogP contribution in [-0.4, -0.2) is 58.3 Å². The zero-order valence-electron chi connectivity index (χ0n) is 17.9. The molecule has 1 amide bonds. The summed E-state index contributed by atoms with van der Waals surface area (Å²) in [6.07, 6.45) is 5.92. The van der Waals surface area contributed by atoms with Crippen LogP contribution >= 0.6 is 11.8 Å². The summed E-state index contributed by atoms with van der Waals surface area (Å²) >= 11 is 1.70. The molecule has 3 aromatic rings. The molecule has 32 heavy (non-hydrogen) atoms. The molecule has 8 nitrogen and oxygen atoms in total. The number of nitrogens with one attached hydrogen (secondary N) is 1. The van der Waals surface area contributed by atoms with Gasteiger partial charge in [-0.25, -0.2) is 8.42 Å². The van der Waals surface area contributed by atoms with Crippen LogP contribution in [0, 0.1) is 5.92 Å². The molecule has 0 saturated carbocycles. The van der Waals surface area contributed by atoms with Gasteiger partial charge < -0.3 is 5.32 Å². The highest BCUT2D eigenvalue weighted by Crippen LogP contribution is 2.25. The van der Waals surface area contributed by atoms with Crippen LogP contribution in [0.15, 0.2) is 59.6 Å². The Kier molecular flexibility index (Phi) is 7.12. The zero-order valence-corrected chi connectivity index (χ0v) is 19.6. The van der Waals surface area contributed by atoms with Gasteiger partial charge >= 0.3 is 0 Å². The first kappa shape index (κ1) is 22.8. The van der Waals surface area contributed by atoms with Crippen molar-refractivity contribution in [3.05, 3.63) is 60.6 Å². The number of thioether (sulfide) groups is 1. The first-order valence-corrected chi connectivity index (χ1v) is 13.5. The molecule has 0 radical (unpaired) electrons. The van der Waals surface area contributed by atoms with Crippen molar-refractivity contribution in [2.24, 2.45) is 5.92 Å². The SMILES string of the molecule is CSCCC(NC(=O)C1CCCN(S(=O)(=O)c2ccccc2)C1)c1nnc2ccccn12. The quantitative estimate of drug-likeness (QED) is 0.540. The Bertz CT molecular complexity index is 1170. The summed E-state index contributed by atoms with van der Waals surface area (Å²) in [5, 5.41) is 11.7. The number of amides is 1. The van der Waals surface area contributed by atoms with E-state index >= 15 is 0 Å². The minimum absolute atomic E-state index is 0.142. The van der Waals surface area contributed by atoms with Gasteiger partial charge in [0.05, 0.1) is 16.9 Å². The molecule has 1 aliphatic rings. The molecule has 1 N–H and O–H groups in total. The Hall–Kier alpha value is -2.43. The maximum Gasteiger partial charge on any atom is 0.243 e. The van der Waals surface area contributed by atoms with Gasteiger partial charge in [0.1, 0.15) is 0 Å². The predicted octanol–water partition coefficient (Wildman–Crippen LogP) is 2.74. The van der Waals surface area contributed by atoms with E-state index in [-0.39, 0.29) is 23.4 Å². The maximum atomic E-state index is 13.2. The van der Waals surface area contributed by atoms with Crippen LogP contribution < -0.4 is 5.32 Å². The number of pyridine rings is 1. The first-order chi connectivity index (χ1) is 15.5. The van der Waals surface area contributed by atoms with E-state index in [2.05, 4.69) is 15.5 Å². The lowest BCUT2D eigenvalue weighted by Gasteiger charge is -2.32. The molecule has 4 rings (SSSR count). The van der Waals surface area contributed by atoms with Crippen LogP contribution in [0.1, 0.15) is 31.1 Å². The van der Waals surface area contributed by atoms with Crippen LogP contribution in [0.5, 0.6) is 0 Å². The smallest absolute Gasteiger partial charge is 0.243 e. The molecule has 1 aliphatic heterocycles. The van der Waals surface area contributed by atoms with Crippen LogP contribution in [0.3, 0.4) is 0 Å². The number of rotatable bonds is 8. The summed E-state index contributed by atoms with van der Waals surface area (Å²) in [6.45, 7) is 0.602. The van der Waals surface area contributed by atoms with Crippen molar-refractivity contribution in [2.75, 3.05) is 25.1 Å². The number of sulfonamides is 1. The summed E-state index contributed by atoms with van der Waals surface area (Å²) in [5.74, 6) is 0.994. The fourth-order valence-corrected chi connectivity index (χ4v) is 6.02. The Morgan fingerprint density at radius 2 is 1.97 bits per heavy atom. The summed E-state index contributed by atoms with van der Waals surface area (Å²) < 4.78 is 29.4. The number of fused-ring (bicyclic) bond motifs is 1. The fraction of sp³-hybridized carbons (Fsp3) is 0.409. The molecular weight excluding hydrogens is 446 g/mol. The third kappa shape index (κ3) is 4.82. The summed E-state index contributed by atoms with van der Waals surface area (Å²) in [7, 11) is -3.62. The fourth-order valence-electron chi connectivity index (χ4n) is 4.00. The summed E-state index contributed by atoms with van der Waals surface area (Å²) in [5.41, 5.74) is 0.726. The minimum atomic E-state index is -3.62. The third-order valence-electron chi connectivity index (χ3n) is 5.71. The van der Waals surface area contributed by atoms with Gasteiger partial charge in [-0.1, -0.05) is 24.3 Å². The second kappa shape index (κ2) is 10.0. The minimum Gasteiger partial charge on any atom is -0.346 e. The highest BCUT2D eigenvalue weighted by atomic mass is 32.2. The number of carbonyl (C=O) groups is 1. The van der Waals surface area contributed by atoms with Crippen molar-refractivity contribution >= 4 is 33.3 Å². The number of aromatic nitrogens is 3. The molecule has 1 saturated heterocycles. The lowest BCUT2D eigenvalue weighted by atomic mass is 9.98. The lowest BCUT2D eigenvalue weighted by Crippen LogP contribution is -2.46. The Morgan fingerprint density at radius 1 is 1.19 bits per heavy atom. The second-order valence-corrected chi connectivity index (χ2v) is 10.8. The van der Waals surface area contributed by atoms with E-state index in [0.717, 1.165) is 11.4 Å². The number of nitrogens with zero attached hydrogens (tertiary/aromatic N) is 4.